The molecule has 6 nitrogen and oxygen atoms in total. The first kappa shape index (κ1) is 15.6. The van der Waals surface area contributed by atoms with E-state index in [1.807, 2.05) is 6.07 Å². The Morgan fingerprint density at radius 3 is 2.74 bits per heavy atom. The number of aryl methyl sites for hydroxylation is 1. The van der Waals surface area contributed by atoms with Gasteiger partial charge in [0.2, 0.25) is 5.91 Å². The van der Waals surface area contributed by atoms with E-state index in [-0.39, 0.29) is 23.9 Å². The zero-order valence-corrected chi connectivity index (χ0v) is 13.2. The molecule has 2 aromatic heterocycles. The smallest absolute Gasteiger partial charge is 0.279 e. The molecular weight excluding hydrogens is 292 g/mol. The van der Waals surface area contributed by atoms with Crippen LogP contribution in [0.25, 0.3) is 5.65 Å². The van der Waals surface area contributed by atoms with Crippen LogP contribution in [-0.4, -0.2) is 26.5 Å². The van der Waals surface area contributed by atoms with E-state index in [0.29, 0.717) is 17.8 Å². The number of rotatable bonds is 4. The molecule has 0 atom stereocenters. The van der Waals surface area contributed by atoms with Crippen LogP contribution in [0.3, 0.4) is 0 Å². The summed E-state index contributed by atoms with van der Waals surface area (Å²) in [4.78, 5) is 24.4. The van der Waals surface area contributed by atoms with Crippen molar-refractivity contribution in [2.24, 2.45) is 0 Å². The Hall–Kier alpha value is -2.24. The van der Waals surface area contributed by atoms with Crippen LogP contribution in [0.4, 0.5) is 0 Å². The normalized spacial score (nSPS) is 16.2. The first-order chi connectivity index (χ1) is 11.2. The third-order valence-corrected chi connectivity index (χ3v) is 4.39. The summed E-state index contributed by atoms with van der Waals surface area (Å²) in [7, 11) is 0. The van der Waals surface area contributed by atoms with Gasteiger partial charge in [0.15, 0.2) is 5.65 Å². The largest absolute Gasteiger partial charge is 0.353 e. The van der Waals surface area contributed by atoms with Gasteiger partial charge >= 0.3 is 0 Å². The molecule has 0 spiro atoms. The average molecular weight is 314 g/mol. The standard InChI is InChI=1S/C17H22N4O2/c22-16(18-13-7-3-1-2-4-8-13)11-10-14-17(23)21-12-6-5-9-15(21)20-19-14/h5-6,9,12-13H,1-4,7-8,10-11H2,(H,18,22). The van der Waals surface area contributed by atoms with E-state index in [0.717, 1.165) is 12.8 Å². The molecule has 6 heteroatoms. The molecular formula is C17H22N4O2. The second kappa shape index (κ2) is 7.35. The third-order valence-electron chi connectivity index (χ3n) is 4.39. The minimum atomic E-state index is -0.196. The highest BCUT2D eigenvalue weighted by molar-refractivity contribution is 5.76. The van der Waals surface area contributed by atoms with Gasteiger partial charge in [0.1, 0.15) is 5.69 Å². The summed E-state index contributed by atoms with van der Waals surface area (Å²) in [6.45, 7) is 0. The van der Waals surface area contributed by atoms with Gasteiger partial charge in [-0.25, -0.2) is 0 Å². The van der Waals surface area contributed by atoms with Crippen molar-refractivity contribution < 1.29 is 4.79 Å². The van der Waals surface area contributed by atoms with Gasteiger partial charge in [0.05, 0.1) is 0 Å². The molecule has 0 unspecified atom stereocenters. The SMILES string of the molecule is O=C(CCc1nnc2ccccn2c1=O)NC1CCCCCC1. The molecule has 0 radical (unpaired) electrons. The topological polar surface area (TPSA) is 76.4 Å². The number of hydrogen-bond donors (Lipinski definition) is 1. The average Bonchev–Trinajstić information content (AvgIpc) is 2.83. The predicted molar refractivity (Wildman–Crippen MR) is 87.2 cm³/mol. The highest BCUT2D eigenvalue weighted by Crippen LogP contribution is 2.17. The molecule has 0 aromatic carbocycles. The Morgan fingerprint density at radius 2 is 1.96 bits per heavy atom. The molecule has 1 amide bonds. The van der Waals surface area contributed by atoms with Crippen molar-refractivity contribution in [2.45, 2.75) is 57.4 Å². The summed E-state index contributed by atoms with van der Waals surface area (Å²) in [6, 6.07) is 5.60. The van der Waals surface area contributed by atoms with Gasteiger partial charge in [0, 0.05) is 25.1 Å². The number of nitrogens with one attached hydrogen (secondary N) is 1. The minimum Gasteiger partial charge on any atom is -0.353 e. The number of pyridine rings is 1. The fraction of sp³-hybridized carbons (Fsp3) is 0.529. The molecule has 2 aromatic rings. The molecule has 0 aliphatic heterocycles. The van der Waals surface area contributed by atoms with E-state index < -0.39 is 0 Å². The minimum absolute atomic E-state index is 0.00346. The van der Waals surface area contributed by atoms with E-state index in [9.17, 15) is 9.59 Å². The number of aromatic nitrogens is 3. The Labute approximate surface area is 134 Å². The van der Waals surface area contributed by atoms with Gasteiger partial charge in [-0.15, -0.1) is 10.2 Å². The fourth-order valence-corrected chi connectivity index (χ4v) is 3.09. The fourth-order valence-electron chi connectivity index (χ4n) is 3.09. The Kier molecular flexibility index (Phi) is 5.00. The molecule has 3 rings (SSSR count). The maximum Gasteiger partial charge on any atom is 0.279 e. The predicted octanol–water partition coefficient (Wildman–Crippen LogP) is 1.86. The van der Waals surface area contributed by atoms with Crippen molar-refractivity contribution in [3.05, 3.63) is 40.4 Å². The van der Waals surface area contributed by atoms with Crippen LogP contribution in [-0.2, 0) is 11.2 Å². The van der Waals surface area contributed by atoms with Crippen LogP contribution in [0, 0.1) is 0 Å². The molecule has 1 aliphatic carbocycles. The Balaban J connectivity index is 1.60. The molecule has 0 bridgehead atoms. The number of amides is 1. The van der Waals surface area contributed by atoms with Crippen LogP contribution in [0.5, 0.6) is 0 Å². The van der Waals surface area contributed by atoms with E-state index in [4.69, 9.17) is 0 Å². The molecule has 1 N–H and O–H groups in total. The summed E-state index contributed by atoms with van der Waals surface area (Å²) in [5.74, 6) is -0.00346. The first-order valence-corrected chi connectivity index (χ1v) is 8.36. The van der Waals surface area contributed by atoms with Gasteiger partial charge in [0.25, 0.3) is 5.56 Å². The van der Waals surface area contributed by atoms with Crippen LogP contribution in [0.2, 0.25) is 0 Å². The number of fused-ring (bicyclic) bond motifs is 1. The highest BCUT2D eigenvalue weighted by Gasteiger charge is 2.15. The maximum atomic E-state index is 12.3. The van der Waals surface area contributed by atoms with E-state index in [1.165, 1.54) is 30.1 Å². The van der Waals surface area contributed by atoms with Crippen LogP contribution < -0.4 is 10.9 Å². The van der Waals surface area contributed by atoms with Crippen molar-refractivity contribution >= 4 is 11.6 Å². The number of carbonyl (C=O) groups excluding carboxylic acids is 1. The molecule has 1 fully saturated rings. The molecule has 1 aliphatic rings. The monoisotopic (exact) mass is 314 g/mol. The van der Waals surface area contributed by atoms with Crippen molar-refractivity contribution in [3.8, 4) is 0 Å². The molecule has 122 valence electrons. The van der Waals surface area contributed by atoms with Crippen LogP contribution in [0.1, 0.15) is 50.6 Å². The molecule has 2 heterocycles. The van der Waals surface area contributed by atoms with Gasteiger partial charge in [-0.2, -0.15) is 0 Å². The van der Waals surface area contributed by atoms with Crippen molar-refractivity contribution in [1.29, 1.82) is 0 Å². The van der Waals surface area contributed by atoms with E-state index in [2.05, 4.69) is 15.5 Å². The molecule has 1 saturated carbocycles. The van der Waals surface area contributed by atoms with Gasteiger partial charge in [-0.05, 0) is 25.0 Å². The van der Waals surface area contributed by atoms with E-state index in [1.54, 1.807) is 18.3 Å². The summed E-state index contributed by atoms with van der Waals surface area (Å²) in [5.41, 5.74) is 0.659. The van der Waals surface area contributed by atoms with Crippen LogP contribution in [0.15, 0.2) is 29.2 Å². The zero-order valence-electron chi connectivity index (χ0n) is 13.2. The van der Waals surface area contributed by atoms with Crippen LogP contribution >= 0.6 is 0 Å². The number of nitrogens with zero attached hydrogens (tertiary/aromatic N) is 3. The lowest BCUT2D eigenvalue weighted by Gasteiger charge is -2.15. The summed E-state index contributed by atoms with van der Waals surface area (Å²) in [6.07, 6.45) is 9.27. The van der Waals surface area contributed by atoms with E-state index >= 15 is 0 Å². The first-order valence-electron chi connectivity index (χ1n) is 8.36. The second-order valence-corrected chi connectivity index (χ2v) is 6.14. The third kappa shape index (κ3) is 3.94. The summed E-state index contributed by atoms with van der Waals surface area (Å²) < 4.78 is 1.46. The zero-order chi connectivity index (χ0) is 16.1. The van der Waals surface area contributed by atoms with Crippen molar-refractivity contribution in [2.75, 3.05) is 0 Å². The lowest BCUT2D eigenvalue weighted by atomic mass is 10.1. The highest BCUT2D eigenvalue weighted by atomic mass is 16.1. The Bertz CT molecular complexity index is 733. The van der Waals surface area contributed by atoms with Gasteiger partial charge in [-0.3, -0.25) is 14.0 Å². The summed E-state index contributed by atoms with van der Waals surface area (Å²) >= 11 is 0. The quantitative estimate of drug-likeness (QED) is 0.874. The Morgan fingerprint density at radius 1 is 1.17 bits per heavy atom. The second-order valence-electron chi connectivity index (χ2n) is 6.14. The lowest BCUT2D eigenvalue weighted by Crippen LogP contribution is -2.35. The summed E-state index contributed by atoms with van der Waals surface area (Å²) in [5, 5.41) is 11.1. The number of hydrogen-bond acceptors (Lipinski definition) is 4. The lowest BCUT2D eigenvalue weighted by molar-refractivity contribution is -0.121. The van der Waals surface area contributed by atoms with Gasteiger partial charge < -0.3 is 5.32 Å². The molecule has 0 saturated heterocycles. The van der Waals surface area contributed by atoms with Crippen molar-refractivity contribution in [1.82, 2.24) is 19.9 Å². The maximum absolute atomic E-state index is 12.3. The number of carbonyl (C=O) groups is 1. The molecule has 23 heavy (non-hydrogen) atoms. The van der Waals surface area contributed by atoms with Crippen molar-refractivity contribution in [3.63, 3.8) is 0 Å². The van der Waals surface area contributed by atoms with Gasteiger partial charge in [-0.1, -0.05) is 31.7 Å².